The van der Waals surface area contributed by atoms with Gasteiger partial charge in [-0.15, -0.1) is 0 Å². The monoisotopic (exact) mass is 309 g/mol. The molecule has 0 unspecified atom stereocenters. The Labute approximate surface area is 104 Å². The van der Waals surface area contributed by atoms with Crippen molar-refractivity contribution in [1.29, 1.82) is 0 Å². The minimum atomic E-state index is -2.82. The van der Waals surface area contributed by atoms with E-state index in [1.54, 1.807) is 6.92 Å². The molecule has 4 nitrogen and oxygen atoms in total. The third-order valence-corrected chi connectivity index (χ3v) is 2.60. The van der Waals surface area contributed by atoms with Crippen LogP contribution in [0, 0.1) is 0 Å². The van der Waals surface area contributed by atoms with Gasteiger partial charge >= 0.3 is 5.97 Å². The number of esters is 1. The summed E-state index contributed by atoms with van der Waals surface area (Å²) in [5.41, 5.74) is -1.54. The number of carbonyl (C=O) groups is 1. The second-order valence-electron chi connectivity index (χ2n) is 3.10. The molecular formula is C10H10BrF2NO3. The summed E-state index contributed by atoms with van der Waals surface area (Å²) >= 11 is 2.95. The molecule has 1 aromatic rings. The minimum absolute atomic E-state index is 0.00882. The van der Waals surface area contributed by atoms with Gasteiger partial charge in [0.2, 0.25) is 0 Å². The SMILES string of the molecule is CCOC(=O)c1cc(C(F)F)c(CBr)c(=O)[nH]1. The van der Waals surface area contributed by atoms with Crippen molar-refractivity contribution in [2.24, 2.45) is 0 Å². The summed E-state index contributed by atoms with van der Waals surface area (Å²) in [6.07, 6.45) is -2.82. The molecule has 0 spiro atoms. The third-order valence-electron chi connectivity index (χ3n) is 2.03. The molecule has 17 heavy (non-hydrogen) atoms. The van der Waals surface area contributed by atoms with Crippen LogP contribution in [0.1, 0.15) is 35.0 Å². The molecule has 0 aliphatic rings. The molecule has 94 valence electrons. The summed E-state index contributed by atoms with van der Waals surface area (Å²) < 4.78 is 30.0. The Morgan fingerprint density at radius 2 is 2.24 bits per heavy atom. The Bertz CT molecular complexity index is 473. The van der Waals surface area contributed by atoms with Crippen LogP contribution in [-0.4, -0.2) is 17.6 Å². The van der Waals surface area contributed by atoms with E-state index in [0.717, 1.165) is 6.07 Å². The summed E-state index contributed by atoms with van der Waals surface area (Å²) in [5, 5.41) is -0.00882. The Balaban J connectivity index is 3.29. The zero-order valence-corrected chi connectivity index (χ0v) is 10.5. The first-order chi connectivity index (χ1) is 8.01. The predicted molar refractivity (Wildman–Crippen MR) is 60.6 cm³/mol. The van der Waals surface area contributed by atoms with Gasteiger partial charge in [0.25, 0.3) is 12.0 Å². The van der Waals surface area contributed by atoms with E-state index >= 15 is 0 Å². The molecule has 0 aliphatic heterocycles. The molecule has 0 saturated heterocycles. The van der Waals surface area contributed by atoms with Crippen molar-refractivity contribution in [3.8, 4) is 0 Å². The molecule has 0 aromatic carbocycles. The zero-order chi connectivity index (χ0) is 13.0. The third kappa shape index (κ3) is 3.12. The van der Waals surface area contributed by atoms with Crippen LogP contribution in [0.3, 0.4) is 0 Å². The molecule has 0 atom stereocenters. The number of aromatic nitrogens is 1. The highest BCUT2D eigenvalue weighted by Gasteiger charge is 2.19. The second-order valence-corrected chi connectivity index (χ2v) is 3.66. The molecule has 1 heterocycles. The number of carbonyl (C=O) groups excluding carboxylic acids is 1. The van der Waals surface area contributed by atoms with Crippen molar-refractivity contribution < 1.29 is 18.3 Å². The molecule has 7 heteroatoms. The van der Waals surface area contributed by atoms with E-state index in [4.69, 9.17) is 0 Å². The van der Waals surface area contributed by atoms with E-state index in [9.17, 15) is 18.4 Å². The molecule has 0 radical (unpaired) electrons. The fourth-order valence-electron chi connectivity index (χ4n) is 1.26. The lowest BCUT2D eigenvalue weighted by Gasteiger charge is -2.08. The minimum Gasteiger partial charge on any atom is -0.461 e. The van der Waals surface area contributed by atoms with E-state index < -0.39 is 23.5 Å². The fourth-order valence-corrected chi connectivity index (χ4v) is 1.84. The normalized spacial score (nSPS) is 10.6. The van der Waals surface area contributed by atoms with Crippen molar-refractivity contribution in [1.82, 2.24) is 4.98 Å². The molecule has 1 aromatic heterocycles. The van der Waals surface area contributed by atoms with Gasteiger partial charge in [-0.2, -0.15) is 0 Å². The maximum Gasteiger partial charge on any atom is 0.354 e. The van der Waals surface area contributed by atoms with Crippen LogP contribution in [0.4, 0.5) is 8.78 Å². The van der Waals surface area contributed by atoms with Gasteiger partial charge < -0.3 is 9.72 Å². The number of pyridine rings is 1. The van der Waals surface area contributed by atoms with E-state index in [1.807, 2.05) is 0 Å². The molecule has 0 amide bonds. The maximum atomic E-state index is 12.7. The fraction of sp³-hybridized carbons (Fsp3) is 0.400. The molecule has 0 saturated carbocycles. The highest BCUT2D eigenvalue weighted by atomic mass is 79.9. The molecule has 0 aliphatic carbocycles. The van der Waals surface area contributed by atoms with Crippen molar-refractivity contribution in [2.45, 2.75) is 18.7 Å². The van der Waals surface area contributed by atoms with Crippen LogP contribution >= 0.6 is 15.9 Å². The molecule has 1 N–H and O–H groups in total. The largest absolute Gasteiger partial charge is 0.461 e. The van der Waals surface area contributed by atoms with Crippen LogP contribution in [0.5, 0.6) is 0 Å². The van der Waals surface area contributed by atoms with Crippen molar-refractivity contribution in [3.05, 3.63) is 33.2 Å². The molecule has 0 bridgehead atoms. The van der Waals surface area contributed by atoms with E-state index in [-0.39, 0.29) is 23.2 Å². The lowest BCUT2D eigenvalue weighted by atomic mass is 10.1. The van der Waals surface area contributed by atoms with Gasteiger partial charge in [-0.1, -0.05) is 15.9 Å². The van der Waals surface area contributed by atoms with Gasteiger partial charge in [0.1, 0.15) is 5.69 Å². The van der Waals surface area contributed by atoms with Gasteiger partial charge in [-0.25, -0.2) is 13.6 Å². The van der Waals surface area contributed by atoms with Crippen LogP contribution < -0.4 is 5.56 Å². The van der Waals surface area contributed by atoms with E-state index in [0.29, 0.717) is 0 Å². The van der Waals surface area contributed by atoms with E-state index in [2.05, 4.69) is 25.7 Å². The summed E-state index contributed by atoms with van der Waals surface area (Å²) in [7, 11) is 0. The van der Waals surface area contributed by atoms with Gasteiger partial charge in [-0.3, -0.25) is 4.79 Å². The standard InChI is InChI=1S/C10H10BrF2NO3/c1-2-17-10(16)7-3-5(8(12)13)6(4-11)9(15)14-7/h3,8H,2,4H2,1H3,(H,14,15). The molecular weight excluding hydrogens is 300 g/mol. The molecule has 0 fully saturated rings. The number of ether oxygens (including phenoxy) is 1. The number of hydrogen-bond acceptors (Lipinski definition) is 3. The highest BCUT2D eigenvalue weighted by molar-refractivity contribution is 9.08. The predicted octanol–water partition coefficient (Wildman–Crippen LogP) is 2.38. The first kappa shape index (κ1) is 13.8. The Kier molecular flexibility index (Phi) is 4.80. The van der Waals surface area contributed by atoms with Crippen LogP contribution in [0.2, 0.25) is 0 Å². The lowest BCUT2D eigenvalue weighted by Crippen LogP contribution is -2.20. The van der Waals surface area contributed by atoms with Crippen molar-refractivity contribution >= 4 is 21.9 Å². The van der Waals surface area contributed by atoms with Gasteiger partial charge in [0.15, 0.2) is 0 Å². The number of rotatable bonds is 4. The number of alkyl halides is 3. The van der Waals surface area contributed by atoms with Gasteiger partial charge in [0, 0.05) is 16.5 Å². The highest BCUT2D eigenvalue weighted by Crippen LogP contribution is 2.22. The summed E-state index contributed by atoms with van der Waals surface area (Å²) in [6.45, 7) is 1.68. The van der Waals surface area contributed by atoms with Crippen LogP contribution in [0.15, 0.2) is 10.9 Å². The van der Waals surface area contributed by atoms with Crippen LogP contribution in [0.25, 0.3) is 0 Å². The average Bonchev–Trinajstić information content (AvgIpc) is 2.28. The van der Waals surface area contributed by atoms with Crippen molar-refractivity contribution in [2.75, 3.05) is 6.61 Å². The first-order valence-electron chi connectivity index (χ1n) is 4.78. The number of hydrogen-bond donors (Lipinski definition) is 1. The average molecular weight is 310 g/mol. The maximum absolute atomic E-state index is 12.7. The number of nitrogens with one attached hydrogen (secondary N) is 1. The zero-order valence-electron chi connectivity index (χ0n) is 8.93. The summed E-state index contributed by atoms with van der Waals surface area (Å²) in [5.74, 6) is -0.826. The summed E-state index contributed by atoms with van der Waals surface area (Å²) in [6, 6.07) is 0.945. The molecule has 1 rings (SSSR count). The first-order valence-corrected chi connectivity index (χ1v) is 5.90. The van der Waals surface area contributed by atoms with Gasteiger partial charge in [-0.05, 0) is 13.0 Å². The number of halogens is 3. The van der Waals surface area contributed by atoms with Crippen LogP contribution in [-0.2, 0) is 10.1 Å². The second kappa shape index (κ2) is 5.90. The lowest BCUT2D eigenvalue weighted by molar-refractivity contribution is 0.0518. The number of aromatic amines is 1. The Hall–Kier alpha value is -1.24. The van der Waals surface area contributed by atoms with E-state index in [1.165, 1.54) is 0 Å². The number of H-pyrrole nitrogens is 1. The Morgan fingerprint density at radius 3 is 2.71 bits per heavy atom. The Morgan fingerprint density at radius 1 is 1.59 bits per heavy atom. The topological polar surface area (TPSA) is 59.2 Å². The quantitative estimate of drug-likeness (QED) is 0.686. The van der Waals surface area contributed by atoms with Crippen molar-refractivity contribution in [3.63, 3.8) is 0 Å². The smallest absolute Gasteiger partial charge is 0.354 e. The summed E-state index contributed by atoms with van der Waals surface area (Å²) in [4.78, 5) is 25.0. The van der Waals surface area contributed by atoms with Gasteiger partial charge in [0.05, 0.1) is 6.61 Å².